The zero-order valence-electron chi connectivity index (χ0n) is 20.3. The minimum atomic E-state index is -1.09. The maximum Gasteiger partial charge on any atom is 0.246 e. The number of benzene rings is 2. The van der Waals surface area contributed by atoms with Gasteiger partial charge >= 0.3 is 0 Å². The second-order valence-electron chi connectivity index (χ2n) is 9.55. The molecule has 2 aliphatic rings. The number of hydrogen-bond donors (Lipinski definition) is 1. The molecule has 6 nitrogen and oxygen atoms in total. The largest absolute Gasteiger partial charge is 0.368 e. The summed E-state index contributed by atoms with van der Waals surface area (Å²) >= 11 is 0. The number of amides is 3. The molecule has 2 aromatic carbocycles. The predicted molar refractivity (Wildman–Crippen MR) is 131 cm³/mol. The lowest BCUT2D eigenvalue weighted by Crippen LogP contribution is -2.58. The number of halogens is 2. The molecule has 1 saturated carbocycles. The SMILES string of the molecule is C[C@@H](C(N)=O)N(C(=O)Cc1cc(F)cc(F)c1)[C@H]1CC=C[C@@H](c2ccccc2)N(C2CCCC2)C1=O. The van der Waals surface area contributed by atoms with Gasteiger partial charge in [-0.1, -0.05) is 55.3 Å². The first kappa shape index (κ1) is 25.5. The lowest BCUT2D eigenvalue weighted by atomic mass is 10.0. The third-order valence-corrected chi connectivity index (χ3v) is 7.11. The molecule has 8 heteroatoms. The van der Waals surface area contributed by atoms with Crippen LogP contribution in [0.3, 0.4) is 0 Å². The lowest BCUT2D eigenvalue weighted by Gasteiger charge is -2.40. The van der Waals surface area contributed by atoms with Crippen molar-refractivity contribution >= 4 is 17.7 Å². The highest BCUT2D eigenvalue weighted by molar-refractivity contribution is 5.93. The number of nitrogens with two attached hydrogens (primary N) is 1. The molecule has 2 N–H and O–H groups in total. The van der Waals surface area contributed by atoms with Gasteiger partial charge in [-0.2, -0.15) is 0 Å². The molecule has 1 heterocycles. The second-order valence-corrected chi connectivity index (χ2v) is 9.55. The molecule has 36 heavy (non-hydrogen) atoms. The third-order valence-electron chi connectivity index (χ3n) is 7.11. The van der Waals surface area contributed by atoms with Gasteiger partial charge < -0.3 is 15.5 Å². The van der Waals surface area contributed by atoms with Gasteiger partial charge in [-0.3, -0.25) is 14.4 Å². The smallest absolute Gasteiger partial charge is 0.246 e. The standard InChI is InChI=1S/C28H31F2N3O3/c1-18(27(31)35)32(26(34)16-19-14-21(29)17-22(30)15-19)25-13-7-12-24(20-8-3-2-4-9-20)33(28(25)36)23-10-5-6-11-23/h2-4,7-9,12,14-15,17-18,23-25H,5-6,10-11,13,16H2,1H3,(H2,31,35)/t18-,24-,25-/m0/s1. The van der Waals surface area contributed by atoms with Crippen LogP contribution in [-0.2, 0) is 20.8 Å². The van der Waals surface area contributed by atoms with Crippen LogP contribution in [0.1, 0.15) is 56.2 Å². The van der Waals surface area contributed by atoms with E-state index in [2.05, 4.69) is 0 Å². The van der Waals surface area contributed by atoms with Crippen LogP contribution in [0.25, 0.3) is 0 Å². The van der Waals surface area contributed by atoms with E-state index in [4.69, 9.17) is 5.73 Å². The number of hydrogen-bond acceptors (Lipinski definition) is 3. The van der Waals surface area contributed by atoms with Gasteiger partial charge in [0.15, 0.2) is 0 Å². The van der Waals surface area contributed by atoms with Gasteiger partial charge in [-0.25, -0.2) is 8.78 Å². The van der Waals surface area contributed by atoms with Crippen molar-refractivity contribution in [2.24, 2.45) is 5.73 Å². The molecule has 3 amide bonds. The van der Waals surface area contributed by atoms with Crippen molar-refractivity contribution in [2.75, 3.05) is 0 Å². The Bertz CT molecular complexity index is 1130. The van der Waals surface area contributed by atoms with Gasteiger partial charge in [0.25, 0.3) is 0 Å². The summed E-state index contributed by atoms with van der Waals surface area (Å²) in [5.41, 5.74) is 6.67. The molecule has 1 aliphatic carbocycles. The fourth-order valence-corrected chi connectivity index (χ4v) is 5.36. The Balaban J connectivity index is 1.70. The Kier molecular flexibility index (Phi) is 7.82. The van der Waals surface area contributed by atoms with E-state index in [0.717, 1.165) is 49.4 Å². The van der Waals surface area contributed by atoms with E-state index in [1.807, 2.05) is 47.4 Å². The highest BCUT2D eigenvalue weighted by Gasteiger charge is 2.42. The minimum Gasteiger partial charge on any atom is -0.368 e. The molecule has 0 aromatic heterocycles. The van der Waals surface area contributed by atoms with E-state index < -0.39 is 35.5 Å². The topological polar surface area (TPSA) is 83.7 Å². The average Bonchev–Trinajstić information content (AvgIpc) is 3.30. The summed E-state index contributed by atoms with van der Waals surface area (Å²) in [5.74, 6) is -3.23. The van der Waals surface area contributed by atoms with Gasteiger partial charge in [0.1, 0.15) is 23.7 Å². The van der Waals surface area contributed by atoms with E-state index >= 15 is 0 Å². The fraction of sp³-hybridized carbons (Fsp3) is 0.393. The molecule has 0 unspecified atom stereocenters. The van der Waals surface area contributed by atoms with Crippen molar-refractivity contribution in [3.8, 4) is 0 Å². The summed E-state index contributed by atoms with van der Waals surface area (Å²) in [6.45, 7) is 1.48. The van der Waals surface area contributed by atoms with Crippen LogP contribution in [0, 0.1) is 11.6 Å². The van der Waals surface area contributed by atoms with Crippen molar-refractivity contribution in [1.82, 2.24) is 9.80 Å². The van der Waals surface area contributed by atoms with Crippen molar-refractivity contribution in [3.63, 3.8) is 0 Å². The first-order valence-corrected chi connectivity index (χ1v) is 12.4. The first-order valence-electron chi connectivity index (χ1n) is 12.4. The molecule has 0 spiro atoms. The number of carbonyl (C=O) groups is 3. The summed E-state index contributed by atoms with van der Waals surface area (Å²) in [5, 5.41) is 0. The highest BCUT2D eigenvalue weighted by Crippen LogP contribution is 2.36. The lowest BCUT2D eigenvalue weighted by molar-refractivity contribution is -0.152. The van der Waals surface area contributed by atoms with Gasteiger partial charge in [-0.05, 0) is 49.4 Å². The third kappa shape index (κ3) is 5.48. The zero-order valence-corrected chi connectivity index (χ0v) is 20.3. The van der Waals surface area contributed by atoms with Crippen LogP contribution in [0.4, 0.5) is 8.78 Å². The van der Waals surface area contributed by atoms with E-state index in [-0.39, 0.29) is 36.4 Å². The van der Waals surface area contributed by atoms with Crippen LogP contribution in [0.2, 0.25) is 0 Å². The molecule has 2 aromatic rings. The second kappa shape index (κ2) is 11.0. The van der Waals surface area contributed by atoms with Gasteiger partial charge in [0, 0.05) is 12.1 Å². The van der Waals surface area contributed by atoms with Crippen LogP contribution in [0.15, 0.2) is 60.7 Å². The fourth-order valence-electron chi connectivity index (χ4n) is 5.36. The maximum absolute atomic E-state index is 14.2. The Morgan fingerprint density at radius 3 is 2.33 bits per heavy atom. The normalized spacial score (nSPS) is 21.3. The molecular weight excluding hydrogens is 464 g/mol. The van der Waals surface area contributed by atoms with Crippen molar-refractivity contribution in [1.29, 1.82) is 0 Å². The van der Waals surface area contributed by atoms with Crippen LogP contribution < -0.4 is 5.73 Å². The quantitative estimate of drug-likeness (QED) is 0.589. The summed E-state index contributed by atoms with van der Waals surface area (Å²) in [7, 11) is 0. The molecule has 0 saturated heterocycles. The number of rotatable bonds is 7. The summed E-state index contributed by atoms with van der Waals surface area (Å²) in [4.78, 5) is 43.0. The maximum atomic E-state index is 14.2. The number of primary amides is 1. The van der Waals surface area contributed by atoms with E-state index in [0.29, 0.717) is 0 Å². The molecule has 3 atom stereocenters. The Morgan fingerprint density at radius 1 is 1.08 bits per heavy atom. The minimum absolute atomic E-state index is 0.00566. The Hall–Kier alpha value is -3.55. The van der Waals surface area contributed by atoms with Crippen LogP contribution >= 0.6 is 0 Å². The summed E-state index contributed by atoms with van der Waals surface area (Å²) in [6.07, 6.45) is 7.41. The average molecular weight is 496 g/mol. The molecular formula is C28H31F2N3O3. The van der Waals surface area contributed by atoms with Gasteiger partial charge in [0.05, 0.1) is 12.5 Å². The van der Waals surface area contributed by atoms with E-state index in [9.17, 15) is 23.2 Å². The predicted octanol–water partition coefficient (Wildman–Crippen LogP) is 4.05. The monoisotopic (exact) mass is 495 g/mol. The van der Waals surface area contributed by atoms with Crippen molar-refractivity contribution in [2.45, 2.75) is 69.6 Å². The van der Waals surface area contributed by atoms with Crippen LogP contribution in [0.5, 0.6) is 0 Å². The highest BCUT2D eigenvalue weighted by atomic mass is 19.1. The van der Waals surface area contributed by atoms with E-state index in [1.54, 1.807) is 0 Å². The first-order chi connectivity index (χ1) is 17.3. The van der Waals surface area contributed by atoms with Gasteiger partial charge in [-0.15, -0.1) is 0 Å². The zero-order chi connectivity index (χ0) is 25.8. The molecule has 4 rings (SSSR count). The molecule has 1 aliphatic heterocycles. The molecule has 0 radical (unpaired) electrons. The van der Waals surface area contributed by atoms with Crippen molar-refractivity contribution < 1.29 is 23.2 Å². The summed E-state index contributed by atoms with van der Waals surface area (Å²) in [6, 6.07) is 10.2. The molecule has 1 fully saturated rings. The van der Waals surface area contributed by atoms with E-state index in [1.165, 1.54) is 11.8 Å². The molecule has 190 valence electrons. The number of carbonyl (C=O) groups excluding carboxylic acids is 3. The van der Waals surface area contributed by atoms with Crippen molar-refractivity contribution in [3.05, 3.63) is 83.4 Å². The van der Waals surface area contributed by atoms with Crippen LogP contribution in [-0.4, -0.2) is 45.6 Å². The Morgan fingerprint density at radius 2 is 1.72 bits per heavy atom. The Labute approximate surface area is 209 Å². The molecule has 0 bridgehead atoms. The number of nitrogens with zero attached hydrogens (tertiary/aromatic N) is 2. The van der Waals surface area contributed by atoms with Gasteiger partial charge in [0.2, 0.25) is 17.7 Å². The summed E-state index contributed by atoms with van der Waals surface area (Å²) < 4.78 is 27.5.